The highest BCUT2D eigenvalue weighted by Crippen LogP contribution is 2.35. The molecule has 1 unspecified atom stereocenters. The Labute approximate surface area is 101 Å². The molecule has 0 aliphatic carbocycles. The number of aliphatic hydroxyl groups is 1. The van der Waals surface area contributed by atoms with Gasteiger partial charge in [-0.2, -0.15) is 0 Å². The Balaban J connectivity index is 2.30. The van der Waals surface area contributed by atoms with Crippen LogP contribution in [0.25, 0.3) is 0 Å². The molecule has 2 rings (SSSR count). The fourth-order valence-electron chi connectivity index (χ4n) is 2.28. The van der Waals surface area contributed by atoms with Crippen molar-refractivity contribution >= 4 is 23.0 Å². The number of para-hydroxylation sites is 1. The van der Waals surface area contributed by atoms with E-state index in [9.17, 15) is 5.11 Å². The van der Waals surface area contributed by atoms with Crippen LogP contribution in [0.4, 0.5) is 11.4 Å². The SMILES string of the molecule is CC1(O)CCCN(c2c(N)cccc2Cl)C1. The molecule has 1 aliphatic heterocycles. The predicted octanol–water partition coefficient (Wildman–Crippen LogP) is 2.27. The molecular weight excluding hydrogens is 224 g/mol. The van der Waals surface area contributed by atoms with E-state index in [4.69, 9.17) is 17.3 Å². The number of hydrogen-bond donors (Lipinski definition) is 2. The van der Waals surface area contributed by atoms with Gasteiger partial charge in [-0.1, -0.05) is 17.7 Å². The highest BCUT2D eigenvalue weighted by atomic mass is 35.5. The molecule has 1 atom stereocenters. The van der Waals surface area contributed by atoms with Gasteiger partial charge in [0.05, 0.1) is 22.0 Å². The topological polar surface area (TPSA) is 49.5 Å². The molecule has 0 amide bonds. The number of hydrogen-bond acceptors (Lipinski definition) is 3. The number of piperidine rings is 1. The van der Waals surface area contributed by atoms with Crippen molar-refractivity contribution in [2.24, 2.45) is 0 Å². The van der Waals surface area contributed by atoms with Gasteiger partial charge in [0.15, 0.2) is 0 Å². The summed E-state index contributed by atoms with van der Waals surface area (Å²) in [6.45, 7) is 3.33. The molecule has 0 radical (unpaired) electrons. The third-order valence-electron chi connectivity index (χ3n) is 3.01. The third kappa shape index (κ3) is 2.25. The minimum absolute atomic E-state index is 0.584. The van der Waals surface area contributed by atoms with Crippen LogP contribution in [-0.4, -0.2) is 23.8 Å². The summed E-state index contributed by atoms with van der Waals surface area (Å²) in [7, 11) is 0. The number of rotatable bonds is 1. The summed E-state index contributed by atoms with van der Waals surface area (Å²) >= 11 is 6.15. The van der Waals surface area contributed by atoms with Crippen molar-refractivity contribution in [3.63, 3.8) is 0 Å². The molecule has 0 bridgehead atoms. The Kier molecular flexibility index (Phi) is 3.00. The lowest BCUT2D eigenvalue weighted by Gasteiger charge is -2.39. The summed E-state index contributed by atoms with van der Waals surface area (Å²) in [4.78, 5) is 2.07. The molecule has 0 saturated carbocycles. The van der Waals surface area contributed by atoms with E-state index in [-0.39, 0.29) is 0 Å². The predicted molar refractivity (Wildman–Crippen MR) is 67.9 cm³/mol. The standard InChI is InChI=1S/C12H17ClN2O/c1-12(16)6-3-7-15(8-12)11-9(13)4-2-5-10(11)14/h2,4-5,16H,3,6-8,14H2,1H3. The maximum Gasteiger partial charge on any atom is 0.0794 e. The summed E-state index contributed by atoms with van der Waals surface area (Å²) in [5.41, 5.74) is 6.81. The molecule has 1 aromatic carbocycles. The Morgan fingerprint density at radius 2 is 2.25 bits per heavy atom. The van der Waals surface area contributed by atoms with Crippen LogP contribution in [0.3, 0.4) is 0 Å². The average Bonchev–Trinajstić information content (AvgIpc) is 2.15. The summed E-state index contributed by atoms with van der Waals surface area (Å²) in [6.07, 6.45) is 1.78. The van der Waals surface area contributed by atoms with E-state index in [1.165, 1.54) is 0 Å². The Hall–Kier alpha value is -0.930. The quantitative estimate of drug-likeness (QED) is 0.741. The maximum atomic E-state index is 10.1. The van der Waals surface area contributed by atoms with Gasteiger partial charge in [-0.05, 0) is 31.9 Å². The summed E-state index contributed by atoms with van der Waals surface area (Å²) < 4.78 is 0. The van der Waals surface area contributed by atoms with Crippen molar-refractivity contribution in [3.8, 4) is 0 Å². The minimum Gasteiger partial charge on any atom is -0.397 e. The smallest absolute Gasteiger partial charge is 0.0794 e. The van der Waals surface area contributed by atoms with E-state index in [1.807, 2.05) is 25.1 Å². The zero-order valence-corrected chi connectivity index (χ0v) is 10.2. The molecular formula is C12H17ClN2O. The molecule has 3 nitrogen and oxygen atoms in total. The van der Waals surface area contributed by atoms with Crippen molar-refractivity contribution < 1.29 is 5.11 Å². The van der Waals surface area contributed by atoms with Gasteiger partial charge < -0.3 is 15.7 Å². The maximum absolute atomic E-state index is 10.1. The van der Waals surface area contributed by atoms with Crippen LogP contribution in [0, 0.1) is 0 Å². The number of halogens is 1. The zero-order valence-electron chi connectivity index (χ0n) is 9.41. The van der Waals surface area contributed by atoms with E-state index in [0.717, 1.165) is 25.1 Å². The normalized spacial score (nSPS) is 25.8. The summed E-state index contributed by atoms with van der Waals surface area (Å²) in [5.74, 6) is 0. The van der Waals surface area contributed by atoms with E-state index in [2.05, 4.69) is 4.90 Å². The molecule has 1 aromatic rings. The van der Waals surface area contributed by atoms with Crippen molar-refractivity contribution in [3.05, 3.63) is 23.2 Å². The second-order valence-electron chi connectivity index (χ2n) is 4.70. The van der Waals surface area contributed by atoms with Crippen LogP contribution in [-0.2, 0) is 0 Å². The van der Waals surface area contributed by atoms with Crippen molar-refractivity contribution in [1.29, 1.82) is 0 Å². The van der Waals surface area contributed by atoms with Crippen molar-refractivity contribution in [1.82, 2.24) is 0 Å². The first kappa shape index (κ1) is 11.6. The Morgan fingerprint density at radius 1 is 1.50 bits per heavy atom. The molecule has 1 aliphatic rings. The monoisotopic (exact) mass is 240 g/mol. The van der Waals surface area contributed by atoms with Gasteiger partial charge >= 0.3 is 0 Å². The molecule has 1 heterocycles. The van der Waals surface area contributed by atoms with Crippen LogP contribution in [0.15, 0.2) is 18.2 Å². The molecule has 88 valence electrons. The second-order valence-corrected chi connectivity index (χ2v) is 5.11. The second kappa shape index (κ2) is 4.15. The first-order valence-electron chi connectivity index (χ1n) is 5.51. The molecule has 1 saturated heterocycles. The van der Waals surface area contributed by atoms with E-state index < -0.39 is 5.60 Å². The summed E-state index contributed by atoms with van der Waals surface area (Å²) in [5, 5.41) is 10.7. The molecule has 4 heteroatoms. The van der Waals surface area contributed by atoms with Crippen LogP contribution in [0.1, 0.15) is 19.8 Å². The van der Waals surface area contributed by atoms with E-state index in [0.29, 0.717) is 17.3 Å². The van der Waals surface area contributed by atoms with E-state index >= 15 is 0 Å². The van der Waals surface area contributed by atoms with Gasteiger partial charge in [0, 0.05) is 13.1 Å². The number of nitrogens with two attached hydrogens (primary N) is 1. The van der Waals surface area contributed by atoms with Crippen LogP contribution < -0.4 is 10.6 Å². The third-order valence-corrected chi connectivity index (χ3v) is 3.31. The lowest BCUT2D eigenvalue weighted by Crippen LogP contribution is -2.46. The van der Waals surface area contributed by atoms with Gasteiger partial charge in [0.25, 0.3) is 0 Å². The Bertz CT molecular complexity index is 372. The fraction of sp³-hybridized carbons (Fsp3) is 0.500. The first-order chi connectivity index (χ1) is 7.49. The van der Waals surface area contributed by atoms with Gasteiger partial charge in [-0.15, -0.1) is 0 Å². The Morgan fingerprint density at radius 3 is 2.88 bits per heavy atom. The first-order valence-corrected chi connectivity index (χ1v) is 5.89. The van der Waals surface area contributed by atoms with Crippen LogP contribution >= 0.6 is 11.6 Å². The highest BCUT2D eigenvalue weighted by Gasteiger charge is 2.29. The van der Waals surface area contributed by atoms with Crippen molar-refractivity contribution in [2.75, 3.05) is 23.7 Å². The van der Waals surface area contributed by atoms with Crippen molar-refractivity contribution in [2.45, 2.75) is 25.4 Å². The number of β-amino-alcohol motifs (C(OH)–C–C–N with tert-alkyl or cyclic N) is 1. The molecule has 16 heavy (non-hydrogen) atoms. The minimum atomic E-state index is -0.649. The van der Waals surface area contributed by atoms with Gasteiger partial charge in [0.1, 0.15) is 0 Å². The van der Waals surface area contributed by atoms with E-state index in [1.54, 1.807) is 0 Å². The molecule has 3 N–H and O–H groups in total. The van der Waals surface area contributed by atoms with Crippen LogP contribution in [0.5, 0.6) is 0 Å². The fourth-order valence-corrected chi connectivity index (χ4v) is 2.58. The van der Waals surface area contributed by atoms with Gasteiger partial charge in [-0.3, -0.25) is 0 Å². The number of nitrogens with zero attached hydrogens (tertiary/aromatic N) is 1. The lowest BCUT2D eigenvalue weighted by molar-refractivity contribution is 0.0450. The number of benzene rings is 1. The summed E-state index contributed by atoms with van der Waals surface area (Å²) in [6, 6.07) is 5.50. The van der Waals surface area contributed by atoms with Gasteiger partial charge in [0.2, 0.25) is 0 Å². The molecule has 1 fully saturated rings. The largest absolute Gasteiger partial charge is 0.397 e. The number of anilines is 2. The molecule has 0 aromatic heterocycles. The molecule has 0 spiro atoms. The number of nitrogen functional groups attached to an aromatic ring is 1. The highest BCUT2D eigenvalue weighted by molar-refractivity contribution is 6.34. The van der Waals surface area contributed by atoms with Crippen LogP contribution in [0.2, 0.25) is 5.02 Å². The lowest BCUT2D eigenvalue weighted by atomic mass is 9.94. The zero-order chi connectivity index (χ0) is 11.8. The van der Waals surface area contributed by atoms with Gasteiger partial charge in [-0.25, -0.2) is 0 Å². The average molecular weight is 241 g/mol.